The lowest BCUT2D eigenvalue weighted by atomic mass is 10.0. The topological polar surface area (TPSA) is 55.5 Å². The van der Waals surface area contributed by atoms with Gasteiger partial charge in [0.25, 0.3) is 0 Å². The normalized spacial score (nSPS) is 11.4. The molecular weight excluding hydrogens is 283 g/mol. The van der Waals surface area contributed by atoms with E-state index in [0.29, 0.717) is 16.8 Å². The number of hydrogen-bond donors (Lipinski definition) is 2. The summed E-state index contributed by atoms with van der Waals surface area (Å²) in [5.41, 5.74) is 6.27. The van der Waals surface area contributed by atoms with Crippen molar-refractivity contribution >= 4 is 5.69 Å². The van der Waals surface area contributed by atoms with Crippen molar-refractivity contribution in [1.29, 1.82) is 0 Å². The number of benzene rings is 2. The monoisotopic (exact) mass is 297 g/mol. The van der Waals surface area contributed by atoms with E-state index >= 15 is 0 Å². The summed E-state index contributed by atoms with van der Waals surface area (Å²) >= 11 is 0. The minimum absolute atomic E-state index is 0.0608. The van der Waals surface area contributed by atoms with Gasteiger partial charge in [0.1, 0.15) is 12.4 Å². The van der Waals surface area contributed by atoms with Crippen molar-refractivity contribution in [3.05, 3.63) is 48.0 Å². The van der Waals surface area contributed by atoms with Crippen molar-refractivity contribution in [2.45, 2.75) is 6.18 Å². The van der Waals surface area contributed by atoms with Crippen LogP contribution in [0.2, 0.25) is 0 Å². The first-order valence-corrected chi connectivity index (χ1v) is 6.22. The Bertz CT molecular complexity index is 609. The number of nitrogen functional groups attached to an aromatic ring is 1. The van der Waals surface area contributed by atoms with Gasteiger partial charge in [-0.3, -0.25) is 0 Å². The molecule has 0 bridgehead atoms. The highest BCUT2D eigenvalue weighted by atomic mass is 19.4. The lowest BCUT2D eigenvalue weighted by Gasteiger charge is -2.13. The van der Waals surface area contributed by atoms with Crippen LogP contribution in [0.1, 0.15) is 5.56 Å². The third-order valence-electron chi connectivity index (χ3n) is 2.84. The van der Waals surface area contributed by atoms with Crippen molar-refractivity contribution in [2.24, 2.45) is 0 Å². The van der Waals surface area contributed by atoms with Gasteiger partial charge in [-0.05, 0) is 41.5 Å². The highest BCUT2D eigenvalue weighted by Gasteiger charge is 2.31. The first kappa shape index (κ1) is 15.2. The zero-order valence-electron chi connectivity index (χ0n) is 11.0. The molecule has 0 aliphatic carbocycles. The predicted molar refractivity (Wildman–Crippen MR) is 73.9 cm³/mol. The van der Waals surface area contributed by atoms with E-state index in [-0.39, 0.29) is 19.0 Å². The number of ether oxygens (including phenoxy) is 1. The fraction of sp³-hybridized carbons (Fsp3) is 0.200. The highest BCUT2D eigenvalue weighted by Crippen LogP contribution is 2.35. The Hall–Kier alpha value is -2.21. The van der Waals surface area contributed by atoms with Crippen LogP contribution in [0.4, 0.5) is 18.9 Å². The summed E-state index contributed by atoms with van der Waals surface area (Å²) in [5.74, 6) is 0.0608. The summed E-state index contributed by atoms with van der Waals surface area (Å²) < 4.78 is 43.9. The Morgan fingerprint density at radius 3 is 2.24 bits per heavy atom. The highest BCUT2D eigenvalue weighted by molar-refractivity contribution is 5.68. The molecule has 6 heteroatoms. The fourth-order valence-corrected chi connectivity index (χ4v) is 1.85. The lowest BCUT2D eigenvalue weighted by molar-refractivity contribution is -0.137. The molecule has 0 heterocycles. The van der Waals surface area contributed by atoms with E-state index in [9.17, 15) is 13.2 Å². The van der Waals surface area contributed by atoms with Crippen LogP contribution < -0.4 is 10.5 Å². The van der Waals surface area contributed by atoms with E-state index in [1.807, 2.05) is 0 Å². The Kier molecular flexibility index (Phi) is 4.37. The molecule has 0 fully saturated rings. The van der Waals surface area contributed by atoms with Gasteiger partial charge in [0, 0.05) is 5.69 Å². The first-order chi connectivity index (χ1) is 9.90. The largest absolute Gasteiger partial charge is 0.491 e. The van der Waals surface area contributed by atoms with E-state index < -0.39 is 11.7 Å². The maximum absolute atomic E-state index is 12.9. The Morgan fingerprint density at radius 2 is 1.67 bits per heavy atom. The van der Waals surface area contributed by atoms with Crippen LogP contribution in [0, 0.1) is 0 Å². The quantitative estimate of drug-likeness (QED) is 0.851. The van der Waals surface area contributed by atoms with Crippen molar-refractivity contribution in [3.8, 4) is 16.9 Å². The summed E-state index contributed by atoms with van der Waals surface area (Å²) in [6.45, 7) is -0.337. The van der Waals surface area contributed by atoms with Gasteiger partial charge < -0.3 is 15.6 Å². The second-order valence-electron chi connectivity index (χ2n) is 4.44. The second kappa shape index (κ2) is 6.05. The molecule has 0 radical (unpaired) electrons. The SMILES string of the molecule is Nc1ccc(-c2cc(OCCO)cc(C(F)(F)F)c2)cc1. The molecule has 0 spiro atoms. The third kappa shape index (κ3) is 3.88. The molecule has 0 saturated heterocycles. The molecule has 0 aliphatic heterocycles. The molecule has 21 heavy (non-hydrogen) atoms. The van der Waals surface area contributed by atoms with E-state index in [4.69, 9.17) is 15.6 Å². The average Bonchev–Trinajstić information content (AvgIpc) is 2.44. The molecule has 2 aromatic rings. The molecule has 2 aromatic carbocycles. The zero-order chi connectivity index (χ0) is 15.5. The summed E-state index contributed by atoms with van der Waals surface area (Å²) in [6.07, 6.45) is -4.47. The van der Waals surface area contributed by atoms with E-state index in [2.05, 4.69) is 0 Å². The fourth-order valence-electron chi connectivity index (χ4n) is 1.85. The van der Waals surface area contributed by atoms with Crippen LogP contribution in [-0.2, 0) is 6.18 Å². The minimum atomic E-state index is -4.47. The maximum Gasteiger partial charge on any atom is 0.416 e. The maximum atomic E-state index is 12.9. The van der Waals surface area contributed by atoms with Crippen LogP contribution in [0.25, 0.3) is 11.1 Å². The number of nitrogens with two attached hydrogens (primary N) is 1. The van der Waals surface area contributed by atoms with Gasteiger partial charge in [0.15, 0.2) is 0 Å². The predicted octanol–water partition coefficient (Wildman–Crippen LogP) is 3.33. The number of aliphatic hydroxyl groups is 1. The van der Waals surface area contributed by atoms with Crippen molar-refractivity contribution in [3.63, 3.8) is 0 Å². The van der Waals surface area contributed by atoms with Gasteiger partial charge in [-0.15, -0.1) is 0 Å². The summed E-state index contributed by atoms with van der Waals surface area (Å²) in [6, 6.07) is 9.97. The van der Waals surface area contributed by atoms with Gasteiger partial charge in [0.05, 0.1) is 12.2 Å². The van der Waals surface area contributed by atoms with Crippen LogP contribution in [0.15, 0.2) is 42.5 Å². The molecule has 0 aromatic heterocycles. The van der Waals surface area contributed by atoms with E-state index in [0.717, 1.165) is 12.1 Å². The Morgan fingerprint density at radius 1 is 1.00 bits per heavy atom. The molecule has 0 atom stereocenters. The average molecular weight is 297 g/mol. The van der Waals surface area contributed by atoms with E-state index in [1.165, 1.54) is 6.07 Å². The number of halogens is 3. The molecule has 3 N–H and O–H groups in total. The summed E-state index contributed by atoms with van der Waals surface area (Å²) in [5, 5.41) is 8.71. The smallest absolute Gasteiger partial charge is 0.416 e. The van der Waals surface area contributed by atoms with Crippen LogP contribution >= 0.6 is 0 Å². The van der Waals surface area contributed by atoms with Crippen molar-refractivity contribution in [1.82, 2.24) is 0 Å². The molecular formula is C15H14F3NO2. The van der Waals surface area contributed by atoms with Crippen molar-refractivity contribution in [2.75, 3.05) is 18.9 Å². The Labute approximate surface area is 119 Å². The summed E-state index contributed by atoms with van der Waals surface area (Å²) in [4.78, 5) is 0. The number of alkyl halides is 3. The Balaban J connectivity index is 2.46. The molecule has 0 aliphatic rings. The second-order valence-corrected chi connectivity index (χ2v) is 4.44. The molecule has 0 amide bonds. The lowest BCUT2D eigenvalue weighted by Crippen LogP contribution is -2.07. The van der Waals surface area contributed by atoms with Crippen LogP contribution in [0.3, 0.4) is 0 Å². The van der Waals surface area contributed by atoms with Gasteiger partial charge in [0.2, 0.25) is 0 Å². The number of aliphatic hydroxyl groups excluding tert-OH is 1. The molecule has 0 saturated carbocycles. The number of rotatable bonds is 4. The third-order valence-corrected chi connectivity index (χ3v) is 2.84. The molecule has 112 valence electrons. The van der Waals surface area contributed by atoms with Gasteiger partial charge in [-0.2, -0.15) is 13.2 Å². The zero-order valence-corrected chi connectivity index (χ0v) is 11.0. The molecule has 0 unspecified atom stereocenters. The van der Waals surface area contributed by atoms with Gasteiger partial charge in [-0.1, -0.05) is 12.1 Å². The van der Waals surface area contributed by atoms with Gasteiger partial charge >= 0.3 is 6.18 Å². The summed E-state index contributed by atoms with van der Waals surface area (Å²) in [7, 11) is 0. The van der Waals surface area contributed by atoms with E-state index in [1.54, 1.807) is 24.3 Å². The first-order valence-electron chi connectivity index (χ1n) is 6.22. The molecule has 2 rings (SSSR count). The van der Waals surface area contributed by atoms with Crippen LogP contribution in [-0.4, -0.2) is 18.3 Å². The molecule has 3 nitrogen and oxygen atoms in total. The van der Waals surface area contributed by atoms with Gasteiger partial charge in [-0.25, -0.2) is 0 Å². The number of hydrogen-bond acceptors (Lipinski definition) is 3. The number of anilines is 1. The standard InChI is InChI=1S/C15H14F3NO2/c16-15(17,18)12-7-11(8-14(9-12)21-6-5-20)10-1-3-13(19)4-2-10/h1-4,7-9,20H,5-6,19H2. The minimum Gasteiger partial charge on any atom is -0.491 e. The van der Waals surface area contributed by atoms with Crippen molar-refractivity contribution < 1.29 is 23.0 Å². The van der Waals surface area contributed by atoms with Crippen LogP contribution in [0.5, 0.6) is 5.75 Å².